The van der Waals surface area contributed by atoms with Crippen molar-refractivity contribution in [2.75, 3.05) is 23.1 Å². The number of nitrogens with zero attached hydrogens (tertiary/aromatic N) is 1. The molecular formula is C19H18N4O2. The van der Waals surface area contributed by atoms with Crippen LogP contribution in [0.1, 0.15) is 0 Å². The minimum atomic E-state index is -0.318. The summed E-state index contributed by atoms with van der Waals surface area (Å²) < 4.78 is 5.19. The molecule has 0 fully saturated rings. The minimum absolute atomic E-state index is 0.318. The highest BCUT2D eigenvalue weighted by Gasteiger charge is 2.03. The molecule has 1 heterocycles. The van der Waals surface area contributed by atoms with Gasteiger partial charge in [0.15, 0.2) is 0 Å². The third-order valence-electron chi connectivity index (χ3n) is 3.40. The summed E-state index contributed by atoms with van der Waals surface area (Å²) in [4.78, 5) is 16.2. The van der Waals surface area contributed by atoms with E-state index in [-0.39, 0.29) is 6.03 Å². The average molecular weight is 334 g/mol. The lowest BCUT2D eigenvalue weighted by molar-refractivity contribution is 0.262. The molecule has 3 aromatic rings. The van der Waals surface area contributed by atoms with Gasteiger partial charge in [-0.15, -0.1) is 0 Å². The Kier molecular flexibility index (Phi) is 5.11. The van der Waals surface area contributed by atoms with E-state index >= 15 is 0 Å². The van der Waals surface area contributed by atoms with Gasteiger partial charge in [0.05, 0.1) is 19.0 Å². The van der Waals surface area contributed by atoms with E-state index < -0.39 is 0 Å². The predicted molar refractivity (Wildman–Crippen MR) is 99.6 cm³/mol. The van der Waals surface area contributed by atoms with E-state index in [4.69, 9.17) is 4.74 Å². The lowest BCUT2D eigenvalue weighted by atomic mass is 10.3. The van der Waals surface area contributed by atoms with Gasteiger partial charge in [-0.2, -0.15) is 0 Å². The van der Waals surface area contributed by atoms with Crippen LogP contribution in [-0.4, -0.2) is 18.1 Å². The fraction of sp³-hybridized carbons (Fsp3) is 0.0526. The molecule has 1 aromatic heterocycles. The number of pyridine rings is 1. The number of urea groups is 1. The maximum Gasteiger partial charge on any atom is 0.323 e. The van der Waals surface area contributed by atoms with Crippen LogP contribution < -0.4 is 20.7 Å². The molecule has 0 saturated heterocycles. The first-order chi connectivity index (χ1) is 12.2. The molecule has 2 aromatic carbocycles. The normalized spacial score (nSPS) is 9.96. The lowest BCUT2D eigenvalue weighted by Crippen LogP contribution is -2.19. The van der Waals surface area contributed by atoms with Crippen LogP contribution in [0.4, 0.5) is 27.7 Å². The number of para-hydroxylation sites is 1. The Labute approximate surface area is 145 Å². The van der Waals surface area contributed by atoms with Crippen molar-refractivity contribution in [3.8, 4) is 5.75 Å². The Morgan fingerprint density at radius 3 is 2.36 bits per heavy atom. The van der Waals surface area contributed by atoms with Gasteiger partial charge >= 0.3 is 6.03 Å². The second-order valence-electron chi connectivity index (χ2n) is 5.23. The van der Waals surface area contributed by atoms with Crippen LogP contribution in [0.3, 0.4) is 0 Å². The summed E-state index contributed by atoms with van der Waals surface area (Å²) in [5.41, 5.74) is 2.20. The highest BCUT2D eigenvalue weighted by atomic mass is 16.5. The summed E-state index contributed by atoms with van der Waals surface area (Å²) in [6, 6.07) is 20.1. The smallest absolute Gasteiger partial charge is 0.323 e. The fourth-order valence-electron chi connectivity index (χ4n) is 2.21. The number of rotatable bonds is 5. The minimum Gasteiger partial charge on any atom is -0.497 e. The van der Waals surface area contributed by atoms with Crippen molar-refractivity contribution in [2.24, 2.45) is 0 Å². The van der Waals surface area contributed by atoms with Crippen molar-refractivity contribution >= 4 is 28.9 Å². The van der Waals surface area contributed by atoms with Crippen LogP contribution in [-0.2, 0) is 0 Å². The summed E-state index contributed by atoms with van der Waals surface area (Å²) >= 11 is 0. The highest BCUT2D eigenvalue weighted by molar-refractivity contribution is 5.99. The fourth-order valence-corrected chi connectivity index (χ4v) is 2.21. The quantitative estimate of drug-likeness (QED) is 0.643. The summed E-state index contributed by atoms with van der Waals surface area (Å²) in [5, 5.41) is 8.67. The monoisotopic (exact) mass is 334 g/mol. The topological polar surface area (TPSA) is 75.3 Å². The molecule has 0 aliphatic carbocycles. The predicted octanol–water partition coefficient (Wildman–Crippen LogP) is 4.48. The van der Waals surface area contributed by atoms with Crippen molar-refractivity contribution in [1.29, 1.82) is 0 Å². The molecule has 6 heteroatoms. The van der Waals surface area contributed by atoms with Crippen LogP contribution in [0.5, 0.6) is 5.75 Å². The van der Waals surface area contributed by atoms with Gasteiger partial charge in [-0.05, 0) is 36.4 Å². The molecule has 126 valence electrons. The number of hydrogen-bond donors (Lipinski definition) is 3. The molecule has 0 spiro atoms. The molecule has 6 nitrogen and oxygen atoms in total. The number of nitrogens with one attached hydrogen (secondary N) is 3. The Hall–Kier alpha value is -3.54. The molecule has 0 saturated carbocycles. The molecule has 25 heavy (non-hydrogen) atoms. The van der Waals surface area contributed by atoms with Crippen molar-refractivity contribution in [1.82, 2.24) is 4.98 Å². The molecule has 0 radical (unpaired) electrons. The molecule has 3 rings (SSSR count). The zero-order valence-electron chi connectivity index (χ0n) is 13.7. The number of methoxy groups -OCH3 is 1. The molecule has 2 amide bonds. The van der Waals surface area contributed by atoms with Gasteiger partial charge in [0.25, 0.3) is 0 Å². The summed E-state index contributed by atoms with van der Waals surface area (Å²) in [5.74, 6) is 1.43. The maximum atomic E-state index is 11.9. The number of anilines is 4. The largest absolute Gasteiger partial charge is 0.497 e. The summed E-state index contributed by atoms with van der Waals surface area (Å²) in [7, 11) is 1.62. The first-order valence-electron chi connectivity index (χ1n) is 7.73. The number of ether oxygens (including phenoxy) is 1. The van der Waals surface area contributed by atoms with Gasteiger partial charge < -0.3 is 20.7 Å². The number of amides is 2. The van der Waals surface area contributed by atoms with E-state index in [2.05, 4.69) is 20.9 Å². The Balaban J connectivity index is 1.59. The molecule has 0 bridgehead atoms. The Morgan fingerprint density at radius 1 is 0.880 bits per heavy atom. The Morgan fingerprint density at radius 2 is 1.64 bits per heavy atom. The Bertz CT molecular complexity index is 836. The second kappa shape index (κ2) is 7.83. The molecule has 3 N–H and O–H groups in total. The zero-order valence-corrected chi connectivity index (χ0v) is 13.7. The second-order valence-corrected chi connectivity index (χ2v) is 5.23. The molecular weight excluding hydrogens is 316 g/mol. The van der Waals surface area contributed by atoms with E-state index in [1.165, 1.54) is 0 Å². The summed E-state index contributed by atoms with van der Waals surface area (Å²) in [6.45, 7) is 0. The van der Waals surface area contributed by atoms with Crippen molar-refractivity contribution < 1.29 is 9.53 Å². The van der Waals surface area contributed by atoms with Gasteiger partial charge in [0.1, 0.15) is 11.6 Å². The SMILES string of the molecule is COc1cccc(Nc2ccc(NC(=O)Nc3ccccc3)cn2)c1. The maximum absolute atomic E-state index is 11.9. The van der Waals surface area contributed by atoms with Crippen LogP contribution in [0.25, 0.3) is 0 Å². The number of carbonyl (C=O) groups is 1. The van der Waals surface area contributed by atoms with Gasteiger partial charge in [-0.25, -0.2) is 9.78 Å². The van der Waals surface area contributed by atoms with E-state index in [9.17, 15) is 4.79 Å². The van der Waals surface area contributed by atoms with E-state index in [0.717, 1.165) is 17.1 Å². The van der Waals surface area contributed by atoms with Crippen molar-refractivity contribution in [2.45, 2.75) is 0 Å². The van der Waals surface area contributed by atoms with Gasteiger partial charge in [0.2, 0.25) is 0 Å². The van der Waals surface area contributed by atoms with Crippen LogP contribution in [0.2, 0.25) is 0 Å². The lowest BCUT2D eigenvalue weighted by Gasteiger charge is -2.09. The van der Waals surface area contributed by atoms with Gasteiger partial charge in [-0.1, -0.05) is 24.3 Å². The number of benzene rings is 2. The average Bonchev–Trinajstić information content (AvgIpc) is 2.64. The first-order valence-corrected chi connectivity index (χ1v) is 7.73. The standard InChI is InChI=1S/C19H18N4O2/c1-25-17-9-5-8-15(12-17)21-18-11-10-16(13-20-18)23-19(24)22-14-6-3-2-4-7-14/h2-13H,1H3,(H,20,21)(H2,22,23,24). The van der Waals surface area contributed by atoms with E-state index in [1.807, 2.05) is 54.6 Å². The molecule has 0 aliphatic rings. The molecule has 0 unspecified atom stereocenters. The number of hydrogen-bond acceptors (Lipinski definition) is 4. The molecule has 0 atom stereocenters. The number of aromatic nitrogens is 1. The van der Waals surface area contributed by atoms with Crippen molar-refractivity contribution in [3.05, 3.63) is 72.9 Å². The van der Waals surface area contributed by atoms with Crippen molar-refractivity contribution in [3.63, 3.8) is 0 Å². The number of carbonyl (C=O) groups excluding carboxylic acids is 1. The van der Waals surface area contributed by atoms with Crippen LogP contribution in [0, 0.1) is 0 Å². The van der Waals surface area contributed by atoms with E-state index in [0.29, 0.717) is 11.5 Å². The zero-order chi connectivity index (χ0) is 17.5. The highest BCUT2D eigenvalue weighted by Crippen LogP contribution is 2.20. The van der Waals surface area contributed by atoms with E-state index in [1.54, 1.807) is 25.4 Å². The third kappa shape index (κ3) is 4.71. The summed E-state index contributed by atoms with van der Waals surface area (Å²) in [6.07, 6.45) is 1.59. The first kappa shape index (κ1) is 16.3. The van der Waals surface area contributed by atoms with Gasteiger partial charge in [0, 0.05) is 17.4 Å². The third-order valence-corrected chi connectivity index (χ3v) is 3.40. The van der Waals surface area contributed by atoms with Crippen LogP contribution >= 0.6 is 0 Å². The van der Waals surface area contributed by atoms with Gasteiger partial charge in [-0.3, -0.25) is 0 Å². The van der Waals surface area contributed by atoms with Crippen LogP contribution in [0.15, 0.2) is 72.9 Å². The molecule has 0 aliphatic heterocycles.